The third kappa shape index (κ3) is 7.10. The molecular weight excluding hydrogens is 451 g/mol. The third-order valence-electron chi connectivity index (χ3n) is 4.40. The number of guanidine groups is 1. The highest BCUT2D eigenvalue weighted by atomic mass is 127. The van der Waals surface area contributed by atoms with E-state index in [0.717, 1.165) is 36.1 Å². The van der Waals surface area contributed by atoms with Gasteiger partial charge in [-0.25, -0.2) is 13.1 Å². The van der Waals surface area contributed by atoms with Gasteiger partial charge in [0, 0.05) is 26.7 Å². The minimum absolute atomic E-state index is 0. The number of sulfonamides is 1. The SMILES string of the molecule is CN=C(NCc1cccc(CS(=O)(=O)NC)c1)N1CCC(C)CC1.I. The first kappa shape index (κ1) is 22.2. The van der Waals surface area contributed by atoms with Gasteiger partial charge in [-0.1, -0.05) is 31.2 Å². The van der Waals surface area contributed by atoms with E-state index in [9.17, 15) is 8.42 Å². The standard InChI is InChI=1S/C17H28N4O2S.HI/c1-14-7-9-21(10-8-14)17(18-2)20-12-15-5-4-6-16(11-15)13-24(22,23)19-3;/h4-6,11,14,19H,7-10,12-13H2,1-3H3,(H,18,20);1H. The quantitative estimate of drug-likeness (QED) is 0.385. The molecule has 2 rings (SSSR count). The number of aliphatic imine (C=N–C) groups is 1. The monoisotopic (exact) mass is 480 g/mol. The molecule has 1 fully saturated rings. The first-order chi connectivity index (χ1) is 11.4. The average Bonchev–Trinajstić information content (AvgIpc) is 2.57. The molecular formula is C17H29IN4O2S. The maximum absolute atomic E-state index is 11.7. The molecule has 1 aromatic rings. The largest absolute Gasteiger partial charge is 0.352 e. The Morgan fingerprint density at radius 2 is 1.92 bits per heavy atom. The summed E-state index contributed by atoms with van der Waals surface area (Å²) in [5, 5.41) is 3.39. The van der Waals surface area contributed by atoms with Crippen LogP contribution in [0.15, 0.2) is 29.3 Å². The molecule has 0 radical (unpaired) electrons. The number of rotatable bonds is 5. The van der Waals surface area contributed by atoms with Crippen LogP contribution >= 0.6 is 24.0 Å². The Morgan fingerprint density at radius 3 is 2.52 bits per heavy atom. The molecule has 0 spiro atoms. The smallest absolute Gasteiger partial charge is 0.215 e. The number of halogens is 1. The summed E-state index contributed by atoms with van der Waals surface area (Å²) in [6.45, 7) is 4.98. The van der Waals surface area contributed by atoms with E-state index in [1.807, 2.05) is 24.3 Å². The predicted octanol–water partition coefficient (Wildman–Crippen LogP) is 2.16. The van der Waals surface area contributed by atoms with Crippen LogP contribution in [0.25, 0.3) is 0 Å². The second-order valence-electron chi connectivity index (χ2n) is 6.35. The van der Waals surface area contributed by atoms with Gasteiger partial charge in [-0.05, 0) is 36.9 Å². The zero-order chi connectivity index (χ0) is 17.6. The topological polar surface area (TPSA) is 73.8 Å². The van der Waals surface area contributed by atoms with Crippen LogP contribution in [0.1, 0.15) is 30.9 Å². The van der Waals surface area contributed by atoms with Crippen LogP contribution in [-0.2, 0) is 22.3 Å². The summed E-state index contributed by atoms with van der Waals surface area (Å²) in [6, 6.07) is 7.64. The number of hydrogen-bond donors (Lipinski definition) is 2. The van der Waals surface area contributed by atoms with Crippen molar-refractivity contribution in [3.63, 3.8) is 0 Å². The number of hydrogen-bond acceptors (Lipinski definition) is 3. The summed E-state index contributed by atoms with van der Waals surface area (Å²) < 4.78 is 25.7. The van der Waals surface area contributed by atoms with E-state index in [1.54, 1.807) is 7.05 Å². The summed E-state index contributed by atoms with van der Waals surface area (Å²) in [5.41, 5.74) is 1.83. The highest BCUT2D eigenvalue weighted by molar-refractivity contribution is 14.0. The van der Waals surface area contributed by atoms with E-state index in [2.05, 4.69) is 26.9 Å². The summed E-state index contributed by atoms with van der Waals surface area (Å²) in [5.74, 6) is 1.69. The Bertz CT molecular complexity index is 671. The van der Waals surface area contributed by atoms with Crippen molar-refractivity contribution < 1.29 is 8.42 Å². The summed E-state index contributed by atoms with van der Waals surface area (Å²) in [7, 11) is -0.0134. The van der Waals surface area contributed by atoms with Crippen LogP contribution in [0.5, 0.6) is 0 Å². The lowest BCUT2D eigenvalue weighted by Gasteiger charge is -2.33. The Hall–Kier alpha value is -0.870. The number of likely N-dealkylation sites (tertiary alicyclic amines) is 1. The Labute approximate surface area is 168 Å². The molecule has 1 heterocycles. The maximum atomic E-state index is 11.7. The highest BCUT2D eigenvalue weighted by Crippen LogP contribution is 2.16. The lowest BCUT2D eigenvalue weighted by atomic mass is 9.99. The van der Waals surface area contributed by atoms with Crippen LogP contribution in [0.4, 0.5) is 0 Å². The molecule has 6 nitrogen and oxygen atoms in total. The zero-order valence-corrected chi connectivity index (χ0v) is 18.3. The second kappa shape index (κ2) is 10.3. The van der Waals surface area contributed by atoms with Crippen molar-refractivity contribution in [1.82, 2.24) is 14.9 Å². The predicted molar refractivity (Wildman–Crippen MR) is 114 cm³/mol. The van der Waals surface area contributed by atoms with Crippen molar-refractivity contribution in [2.45, 2.75) is 32.1 Å². The molecule has 8 heteroatoms. The molecule has 142 valence electrons. The molecule has 1 aliphatic rings. The van der Waals surface area contributed by atoms with Gasteiger partial charge in [0.2, 0.25) is 10.0 Å². The number of nitrogens with zero attached hydrogens (tertiary/aromatic N) is 2. The molecule has 2 N–H and O–H groups in total. The normalized spacial score (nSPS) is 16.4. The van der Waals surface area contributed by atoms with E-state index < -0.39 is 10.0 Å². The number of nitrogens with one attached hydrogen (secondary N) is 2. The number of piperidine rings is 1. The first-order valence-electron chi connectivity index (χ1n) is 8.38. The van der Waals surface area contributed by atoms with Gasteiger partial charge in [0.1, 0.15) is 0 Å². The minimum Gasteiger partial charge on any atom is -0.352 e. The molecule has 1 saturated heterocycles. The molecule has 0 bridgehead atoms. The first-order valence-corrected chi connectivity index (χ1v) is 10.0. The summed E-state index contributed by atoms with van der Waals surface area (Å²) in [4.78, 5) is 6.66. The van der Waals surface area contributed by atoms with Gasteiger partial charge < -0.3 is 10.2 Å². The van der Waals surface area contributed by atoms with Gasteiger partial charge in [-0.2, -0.15) is 0 Å². The van der Waals surface area contributed by atoms with Crippen LogP contribution in [0.2, 0.25) is 0 Å². The molecule has 0 unspecified atom stereocenters. The van der Waals surface area contributed by atoms with Crippen molar-refractivity contribution in [2.24, 2.45) is 10.9 Å². The summed E-state index contributed by atoms with van der Waals surface area (Å²) >= 11 is 0. The van der Waals surface area contributed by atoms with Gasteiger partial charge in [-0.3, -0.25) is 4.99 Å². The molecule has 0 aromatic heterocycles. The highest BCUT2D eigenvalue weighted by Gasteiger charge is 2.18. The minimum atomic E-state index is -3.25. The van der Waals surface area contributed by atoms with Crippen LogP contribution in [0.3, 0.4) is 0 Å². The number of benzene rings is 1. The Morgan fingerprint density at radius 1 is 1.28 bits per heavy atom. The van der Waals surface area contributed by atoms with Crippen molar-refractivity contribution in [3.05, 3.63) is 35.4 Å². The van der Waals surface area contributed by atoms with Crippen LogP contribution in [-0.4, -0.2) is 46.5 Å². The Balaban J connectivity index is 0.00000312. The van der Waals surface area contributed by atoms with E-state index >= 15 is 0 Å². The van der Waals surface area contributed by atoms with Crippen molar-refractivity contribution in [2.75, 3.05) is 27.2 Å². The second-order valence-corrected chi connectivity index (χ2v) is 8.28. The molecule has 25 heavy (non-hydrogen) atoms. The van der Waals surface area contributed by atoms with E-state index in [0.29, 0.717) is 6.54 Å². The lowest BCUT2D eigenvalue weighted by molar-refractivity contribution is 0.273. The summed E-state index contributed by atoms with van der Waals surface area (Å²) in [6.07, 6.45) is 2.39. The lowest BCUT2D eigenvalue weighted by Crippen LogP contribution is -2.45. The average molecular weight is 480 g/mol. The van der Waals surface area contributed by atoms with Crippen LogP contribution in [0, 0.1) is 5.92 Å². The van der Waals surface area contributed by atoms with Crippen molar-refractivity contribution in [3.8, 4) is 0 Å². The maximum Gasteiger partial charge on any atom is 0.215 e. The van der Waals surface area contributed by atoms with Gasteiger partial charge in [0.05, 0.1) is 5.75 Å². The van der Waals surface area contributed by atoms with Crippen LogP contribution < -0.4 is 10.0 Å². The van der Waals surface area contributed by atoms with Gasteiger partial charge in [0.15, 0.2) is 5.96 Å². The van der Waals surface area contributed by atoms with Crippen molar-refractivity contribution in [1.29, 1.82) is 0 Å². The van der Waals surface area contributed by atoms with Crippen molar-refractivity contribution >= 4 is 40.0 Å². The fraction of sp³-hybridized carbons (Fsp3) is 0.588. The molecule has 0 saturated carbocycles. The fourth-order valence-electron chi connectivity index (χ4n) is 2.85. The zero-order valence-electron chi connectivity index (χ0n) is 15.2. The molecule has 1 aliphatic heterocycles. The van der Waals surface area contributed by atoms with E-state index in [1.165, 1.54) is 19.9 Å². The molecule has 0 amide bonds. The molecule has 0 aliphatic carbocycles. The van der Waals surface area contributed by atoms with Gasteiger partial charge in [-0.15, -0.1) is 24.0 Å². The van der Waals surface area contributed by atoms with Gasteiger partial charge >= 0.3 is 0 Å². The third-order valence-corrected chi connectivity index (χ3v) is 5.74. The molecule has 1 aromatic carbocycles. The van der Waals surface area contributed by atoms with Gasteiger partial charge in [0.25, 0.3) is 0 Å². The Kier molecular flexibility index (Phi) is 9.15. The van der Waals surface area contributed by atoms with E-state index in [4.69, 9.17) is 0 Å². The fourth-order valence-corrected chi connectivity index (χ4v) is 3.62. The molecule has 0 atom stereocenters. The van der Waals surface area contributed by atoms with E-state index in [-0.39, 0.29) is 29.7 Å².